The van der Waals surface area contributed by atoms with Crippen molar-refractivity contribution in [2.45, 2.75) is 32.9 Å². The minimum absolute atomic E-state index is 0.291. The fraction of sp³-hybridized carbons (Fsp3) is 0.400. The predicted molar refractivity (Wildman–Crippen MR) is 137 cm³/mol. The van der Waals surface area contributed by atoms with Crippen molar-refractivity contribution in [2.24, 2.45) is 0 Å². The van der Waals surface area contributed by atoms with Gasteiger partial charge in [0.05, 0.1) is 16.5 Å². The van der Waals surface area contributed by atoms with Crippen LogP contribution in [-0.4, -0.2) is 78.4 Å². The van der Waals surface area contributed by atoms with Crippen molar-refractivity contribution < 1.29 is 9.59 Å². The molecule has 1 aromatic carbocycles. The van der Waals surface area contributed by atoms with Crippen molar-refractivity contribution in [1.82, 2.24) is 33.9 Å². The summed E-state index contributed by atoms with van der Waals surface area (Å²) >= 11 is 1.66. The second kappa shape index (κ2) is 9.09. The summed E-state index contributed by atoms with van der Waals surface area (Å²) < 4.78 is 3.89. The van der Waals surface area contributed by atoms with Crippen LogP contribution in [0.25, 0.3) is 16.7 Å². The molecule has 35 heavy (non-hydrogen) atoms. The molecule has 4 heterocycles. The fourth-order valence-electron chi connectivity index (χ4n) is 4.76. The molecule has 0 radical (unpaired) electrons. The molecule has 0 fully saturated rings. The highest BCUT2D eigenvalue weighted by Crippen LogP contribution is 2.34. The van der Waals surface area contributed by atoms with Gasteiger partial charge in [0, 0.05) is 18.8 Å². The van der Waals surface area contributed by atoms with Crippen molar-refractivity contribution in [1.29, 1.82) is 0 Å². The molecule has 2 amide bonds. The number of fused-ring (bicyclic) bond motifs is 4. The lowest BCUT2D eigenvalue weighted by Gasteiger charge is -2.23. The number of rotatable bonds is 8. The molecule has 0 spiro atoms. The molecule has 1 atom stereocenters. The Morgan fingerprint density at radius 3 is 2.37 bits per heavy atom. The third-order valence-electron chi connectivity index (χ3n) is 6.76. The number of carbonyl (C=O) groups is 2. The van der Waals surface area contributed by atoms with Gasteiger partial charge in [-0.1, -0.05) is 12.1 Å². The highest BCUT2D eigenvalue weighted by molar-refractivity contribution is 7.98. The van der Waals surface area contributed by atoms with Crippen LogP contribution in [0.2, 0.25) is 0 Å². The summed E-state index contributed by atoms with van der Waals surface area (Å²) in [6.45, 7) is 5.89. The number of likely N-dealkylation sites (N-methyl/N-ethyl adjacent to an activating group) is 1. The van der Waals surface area contributed by atoms with E-state index in [1.54, 1.807) is 46.9 Å². The van der Waals surface area contributed by atoms with Gasteiger partial charge in [-0.2, -0.15) is 11.8 Å². The molecule has 9 nitrogen and oxygen atoms in total. The molecule has 5 rings (SSSR count). The van der Waals surface area contributed by atoms with E-state index in [1.165, 1.54) is 4.90 Å². The number of hydrogen-bond donors (Lipinski definition) is 0. The van der Waals surface area contributed by atoms with Crippen molar-refractivity contribution in [3.8, 4) is 0 Å². The number of nitrogens with zero attached hydrogens (tertiary/aromatic N) is 7. The minimum atomic E-state index is -0.554. The fourth-order valence-corrected chi connectivity index (χ4v) is 5.21. The normalized spacial score (nSPS) is 14.6. The second-order valence-electron chi connectivity index (χ2n) is 9.17. The Morgan fingerprint density at radius 1 is 1.06 bits per heavy atom. The van der Waals surface area contributed by atoms with E-state index in [9.17, 15) is 9.59 Å². The molecule has 4 aromatic rings. The van der Waals surface area contributed by atoms with Crippen LogP contribution in [0.1, 0.15) is 50.3 Å². The lowest BCUT2D eigenvalue weighted by Crippen LogP contribution is -2.35. The second-order valence-corrected chi connectivity index (χ2v) is 10.2. The van der Waals surface area contributed by atoms with Gasteiger partial charge < -0.3 is 9.47 Å². The molecule has 0 saturated heterocycles. The number of benzene rings is 1. The summed E-state index contributed by atoms with van der Waals surface area (Å²) in [5, 5.41) is 5.67. The minimum Gasteiger partial charge on any atom is -0.328 e. The first kappa shape index (κ1) is 23.5. The first-order valence-electron chi connectivity index (χ1n) is 11.6. The van der Waals surface area contributed by atoms with Gasteiger partial charge in [-0.15, -0.1) is 5.10 Å². The van der Waals surface area contributed by atoms with Crippen molar-refractivity contribution in [3.05, 3.63) is 58.8 Å². The van der Waals surface area contributed by atoms with E-state index in [0.29, 0.717) is 29.0 Å². The smallest absolute Gasteiger partial charge is 0.262 e. The van der Waals surface area contributed by atoms with Crippen LogP contribution in [0, 0.1) is 13.8 Å². The molecular weight excluding hydrogens is 462 g/mol. The SMILES string of the molecule is CSCC[C@@H](c1nc2c3c(C)c(C)n(CCN(C)C)c3ncn2n1)N1C(=O)c2ccccc2C1=O. The van der Waals surface area contributed by atoms with Gasteiger partial charge in [-0.05, 0) is 64.1 Å². The average molecular weight is 492 g/mol. The van der Waals surface area contributed by atoms with Gasteiger partial charge in [0.1, 0.15) is 18.0 Å². The van der Waals surface area contributed by atoms with Crippen LogP contribution >= 0.6 is 11.8 Å². The van der Waals surface area contributed by atoms with E-state index in [2.05, 4.69) is 37.4 Å². The number of hydrogen-bond acceptors (Lipinski definition) is 7. The van der Waals surface area contributed by atoms with E-state index in [0.717, 1.165) is 41.1 Å². The molecule has 0 aliphatic carbocycles. The van der Waals surface area contributed by atoms with Gasteiger partial charge in [0.2, 0.25) is 0 Å². The van der Waals surface area contributed by atoms with Crippen LogP contribution < -0.4 is 0 Å². The highest BCUT2D eigenvalue weighted by atomic mass is 32.2. The first-order chi connectivity index (χ1) is 16.8. The van der Waals surface area contributed by atoms with Crippen LogP contribution in [0.15, 0.2) is 30.6 Å². The zero-order valence-electron chi connectivity index (χ0n) is 20.6. The monoisotopic (exact) mass is 491 g/mol. The molecule has 0 bridgehead atoms. The molecule has 3 aromatic heterocycles. The Morgan fingerprint density at radius 2 is 1.74 bits per heavy atom. The first-order valence-corrected chi connectivity index (χ1v) is 13.0. The van der Waals surface area contributed by atoms with E-state index in [-0.39, 0.29) is 11.8 Å². The van der Waals surface area contributed by atoms with Gasteiger partial charge in [-0.25, -0.2) is 14.5 Å². The maximum atomic E-state index is 13.3. The van der Waals surface area contributed by atoms with Crippen LogP contribution in [0.5, 0.6) is 0 Å². The Hall–Kier alpha value is -3.24. The van der Waals surface area contributed by atoms with Crippen LogP contribution in [0.3, 0.4) is 0 Å². The zero-order valence-corrected chi connectivity index (χ0v) is 21.5. The standard InChI is InChI=1S/C25H29N7O2S/c1-15-16(2)30(12-11-29(3)4)22-20(15)23-27-21(28-31(23)14-26-22)19(10-13-35-5)32-24(33)17-8-6-7-9-18(17)25(32)34/h6-9,14,19H,10-13H2,1-5H3/t19-/m0/s1. The van der Waals surface area contributed by atoms with Crippen molar-refractivity contribution in [2.75, 3.05) is 32.6 Å². The molecule has 182 valence electrons. The van der Waals surface area contributed by atoms with Crippen molar-refractivity contribution in [3.63, 3.8) is 0 Å². The summed E-state index contributed by atoms with van der Waals surface area (Å²) in [6, 6.07) is 6.41. The molecule has 0 unspecified atom stereocenters. The maximum absolute atomic E-state index is 13.3. The van der Waals surface area contributed by atoms with E-state index >= 15 is 0 Å². The number of aryl methyl sites for hydroxylation is 1. The van der Waals surface area contributed by atoms with Gasteiger partial charge in [-0.3, -0.25) is 14.5 Å². The summed E-state index contributed by atoms with van der Waals surface area (Å²) in [5.74, 6) is 0.641. The molecule has 0 N–H and O–H groups in total. The lowest BCUT2D eigenvalue weighted by atomic mass is 10.1. The largest absolute Gasteiger partial charge is 0.328 e. The molecule has 0 saturated carbocycles. The molecule has 1 aliphatic heterocycles. The number of amides is 2. The topological polar surface area (TPSA) is 88.6 Å². The van der Waals surface area contributed by atoms with Gasteiger partial charge in [0.25, 0.3) is 11.8 Å². The zero-order chi connectivity index (χ0) is 24.9. The maximum Gasteiger partial charge on any atom is 0.262 e. The number of aromatic nitrogens is 5. The Kier molecular flexibility index (Phi) is 6.10. The molecular formula is C25H29N7O2S. The average Bonchev–Trinajstić information content (AvgIpc) is 3.46. The summed E-state index contributed by atoms with van der Waals surface area (Å²) in [6.07, 6.45) is 4.25. The summed E-state index contributed by atoms with van der Waals surface area (Å²) in [4.78, 5) is 39.6. The summed E-state index contributed by atoms with van der Waals surface area (Å²) in [5.41, 5.74) is 4.69. The Balaban J connectivity index is 1.62. The predicted octanol–water partition coefficient (Wildman–Crippen LogP) is 3.35. The lowest BCUT2D eigenvalue weighted by molar-refractivity contribution is 0.0571. The van der Waals surface area contributed by atoms with Gasteiger partial charge >= 0.3 is 0 Å². The van der Waals surface area contributed by atoms with Gasteiger partial charge in [0.15, 0.2) is 11.5 Å². The Labute approximate surface area is 208 Å². The number of carbonyl (C=O) groups excluding carboxylic acids is 2. The summed E-state index contributed by atoms with van der Waals surface area (Å²) in [7, 11) is 4.11. The highest BCUT2D eigenvalue weighted by Gasteiger charge is 2.41. The Bertz CT molecular complexity index is 1420. The van der Waals surface area contributed by atoms with Crippen molar-refractivity contribution >= 4 is 40.3 Å². The number of thioether (sulfide) groups is 1. The van der Waals surface area contributed by atoms with Crippen LogP contribution in [0.4, 0.5) is 0 Å². The number of imide groups is 1. The molecule has 10 heteroatoms. The van der Waals surface area contributed by atoms with E-state index < -0.39 is 6.04 Å². The van der Waals surface area contributed by atoms with E-state index in [4.69, 9.17) is 15.1 Å². The van der Waals surface area contributed by atoms with E-state index in [1.807, 2.05) is 6.26 Å². The quantitative estimate of drug-likeness (QED) is 0.349. The third kappa shape index (κ3) is 3.81. The third-order valence-corrected chi connectivity index (χ3v) is 7.41. The van der Waals surface area contributed by atoms with Crippen LogP contribution in [-0.2, 0) is 6.54 Å². The molecule has 1 aliphatic rings.